The maximum Gasteiger partial charge on any atom is 0.260 e. The van der Waals surface area contributed by atoms with E-state index in [0.717, 1.165) is 12.8 Å². The second-order valence-electron chi connectivity index (χ2n) is 4.79. The predicted molar refractivity (Wildman–Crippen MR) is 76.3 cm³/mol. The number of nitrogens with zero attached hydrogens (tertiary/aromatic N) is 2. The lowest BCUT2D eigenvalue weighted by molar-refractivity contribution is 0.0744. The molecule has 0 atom stereocenters. The number of carbonyl (C=O) groups is 1. The fraction of sp³-hybridized carbons (Fsp3) is 0.467. The summed E-state index contributed by atoms with van der Waals surface area (Å²) in [5.41, 5.74) is 6.78. The highest BCUT2D eigenvalue weighted by molar-refractivity contribution is 6.02. The highest BCUT2D eigenvalue weighted by Gasteiger charge is 2.34. The topological polar surface area (TPSA) is 79.3 Å². The Hall–Kier alpha value is -2.22. The Kier molecular flexibility index (Phi) is 4.46. The summed E-state index contributed by atoms with van der Waals surface area (Å²) >= 11 is 0. The molecule has 0 bridgehead atoms. The average Bonchev–Trinajstić information content (AvgIpc) is 3.24. The average molecular weight is 273 g/mol. The van der Waals surface area contributed by atoms with Crippen LogP contribution in [0.15, 0.2) is 18.2 Å². The largest absolute Gasteiger partial charge is 0.493 e. The van der Waals surface area contributed by atoms with E-state index in [0.29, 0.717) is 36.6 Å². The van der Waals surface area contributed by atoms with E-state index in [9.17, 15) is 4.79 Å². The first-order valence-corrected chi connectivity index (χ1v) is 6.88. The number of benzene rings is 1. The lowest BCUT2D eigenvalue weighted by atomic mass is 10.1. The van der Waals surface area contributed by atoms with Gasteiger partial charge in [0, 0.05) is 18.3 Å². The number of amides is 1. The predicted octanol–water partition coefficient (Wildman–Crippen LogP) is 2.19. The molecule has 0 heterocycles. The van der Waals surface area contributed by atoms with Crippen LogP contribution in [-0.2, 0) is 0 Å². The highest BCUT2D eigenvalue weighted by Crippen LogP contribution is 2.32. The third-order valence-corrected chi connectivity index (χ3v) is 3.29. The molecule has 1 aliphatic carbocycles. The second-order valence-corrected chi connectivity index (χ2v) is 4.79. The lowest BCUT2D eigenvalue weighted by Crippen LogP contribution is -2.34. The van der Waals surface area contributed by atoms with Gasteiger partial charge in [0.15, 0.2) is 0 Å². The van der Waals surface area contributed by atoms with Crippen molar-refractivity contribution in [3.8, 4) is 11.8 Å². The van der Waals surface area contributed by atoms with Crippen LogP contribution in [0.4, 0.5) is 5.69 Å². The molecular weight excluding hydrogens is 254 g/mol. The molecule has 1 aromatic rings. The summed E-state index contributed by atoms with van der Waals surface area (Å²) in [6.45, 7) is 2.79. The van der Waals surface area contributed by atoms with Crippen molar-refractivity contribution in [2.45, 2.75) is 32.2 Å². The van der Waals surface area contributed by atoms with Crippen LogP contribution in [0.2, 0.25) is 0 Å². The maximum absolute atomic E-state index is 12.7. The number of anilines is 1. The number of nitriles is 1. The summed E-state index contributed by atoms with van der Waals surface area (Å²) in [5, 5.41) is 8.73. The van der Waals surface area contributed by atoms with E-state index in [1.165, 1.54) is 0 Å². The van der Waals surface area contributed by atoms with Crippen LogP contribution in [0, 0.1) is 11.3 Å². The Labute approximate surface area is 118 Å². The minimum absolute atomic E-state index is 0.135. The molecule has 106 valence electrons. The zero-order valence-corrected chi connectivity index (χ0v) is 11.6. The van der Waals surface area contributed by atoms with Crippen molar-refractivity contribution in [3.63, 3.8) is 0 Å². The molecule has 0 radical (unpaired) electrons. The van der Waals surface area contributed by atoms with E-state index in [1.807, 2.05) is 6.92 Å². The van der Waals surface area contributed by atoms with Crippen molar-refractivity contribution < 1.29 is 9.53 Å². The summed E-state index contributed by atoms with van der Waals surface area (Å²) in [6.07, 6.45) is 2.32. The quantitative estimate of drug-likeness (QED) is 0.806. The summed E-state index contributed by atoms with van der Waals surface area (Å²) in [7, 11) is 0. The van der Waals surface area contributed by atoms with E-state index in [1.54, 1.807) is 23.1 Å². The minimum atomic E-state index is -0.135. The van der Waals surface area contributed by atoms with Crippen molar-refractivity contribution in [1.82, 2.24) is 4.90 Å². The first-order valence-electron chi connectivity index (χ1n) is 6.88. The molecule has 2 rings (SSSR count). The maximum atomic E-state index is 12.7. The Bertz CT molecular complexity index is 532. The van der Waals surface area contributed by atoms with Gasteiger partial charge in [0.25, 0.3) is 5.91 Å². The summed E-state index contributed by atoms with van der Waals surface area (Å²) in [4.78, 5) is 14.5. The molecule has 0 unspecified atom stereocenters. The van der Waals surface area contributed by atoms with E-state index >= 15 is 0 Å². The molecule has 5 nitrogen and oxygen atoms in total. The highest BCUT2D eigenvalue weighted by atomic mass is 16.5. The van der Waals surface area contributed by atoms with Crippen LogP contribution in [0.3, 0.4) is 0 Å². The van der Waals surface area contributed by atoms with Gasteiger partial charge in [-0.05, 0) is 31.9 Å². The van der Waals surface area contributed by atoms with Gasteiger partial charge in [0.05, 0.1) is 19.1 Å². The zero-order chi connectivity index (χ0) is 14.5. The molecule has 5 heteroatoms. The molecule has 0 saturated heterocycles. The van der Waals surface area contributed by atoms with Gasteiger partial charge < -0.3 is 15.4 Å². The lowest BCUT2D eigenvalue weighted by Gasteiger charge is -2.23. The Morgan fingerprint density at radius 2 is 2.30 bits per heavy atom. The number of hydrogen-bond acceptors (Lipinski definition) is 4. The molecule has 20 heavy (non-hydrogen) atoms. The van der Waals surface area contributed by atoms with E-state index in [2.05, 4.69) is 6.07 Å². The number of rotatable bonds is 6. The van der Waals surface area contributed by atoms with Gasteiger partial charge in [-0.25, -0.2) is 0 Å². The molecule has 1 aliphatic rings. The smallest absolute Gasteiger partial charge is 0.260 e. The SMILES string of the molecule is CCOc1cccc(N)c1C(=O)N(CCC#N)C1CC1. The van der Waals surface area contributed by atoms with Gasteiger partial charge in [-0.15, -0.1) is 0 Å². The minimum Gasteiger partial charge on any atom is -0.493 e. The third-order valence-electron chi connectivity index (χ3n) is 3.29. The van der Waals surface area contributed by atoms with Crippen molar-refractivity contribution in [3.05, 3.63) is 23.8 Å². The summed E-state index contributed by atoms with van der Waals surface area (Å²) in [5.74, 6) is 0.379. The molecule has 1 aromatic carbocycles. The van der Waals surface area contributed by atoms with Crippen LogP contribution < -0.4 is 10.5 Å². The summed E-state index contributed by atoms with van der Waals surface area (Å²) in [6, 6.07) is 7.55. The van der Waals surface area contributed by atoms with Crippen molar-refractivity contribution in [2.75, 3.05) is 18.9 Å². The van der Waals surface area contributed by atoms with Gasteiger partial charge in [-0.3, -0.25) is 4.79 Å². The molecule has 0 aliphatic heterocycles. The third kappa shape index (κ3) is 3.02. The van der Waals surface area contributed by atoms with Crippen molar-refractivity contribution in [2.24, 2.45) is 0 Å². The van der Waals surface area contributed by atoms with E-state index in [4.69, 9.17) is 15.7 Å². The van der Waals surface area contributed by atoms with Crippen LogP contribution in [0.25, 0.3) is 0 Å². The van der Waals surface area contributed by atoms with E-state index < -0.39 is 0 Å². The number of carbonyl (C=O) groups excluding carboxylic acids is 1. The van der Waals surface area contributed by atoms with Crippen molar-refractivity contribution in [1.29, 1.82) is 5.26 Å². The Balaban J connectivity index is 2.28. The number of hydrogen-bond donors (Lipinski definition) is 1. The standard InChI is InChI=1S/C15H19N3O2/c1-2-20-13-6-3-5-12(17)14(13)15(19)18(10-4-9-16)11-7-8-11/h3,5-6,11H,2,4,7-8,10,17H2,1H3. The van der Waals surface area contributed by atoms with Gasteiger partial charge in [0.1, 0.15) is 11.3 Å². The molecular formula is C15H19N3O2. The number of nitrogens with two attached hydrogens (primary N) is 1. The van der Waals surface area contributed by atoms with Gasteiger partial charge in [-0.2, -0.15) is 5.26 Å². The Morgan fingerprint density at radius 1 is 1.55 bits per heavy atom. The van der Waals surface area contributed by atoms with Crippen molar-refractivity contribution >= 4 is 11.6 Å². The normalized spacial score (nSPS) is 13.6. The van der Waals surface area contributed by atoms with Crippen LogP contribution in [0.1, 0.15) is 36.5 Å². The first-order chi connectivity index (χ1) is 9.69. The Morgan fingerprint density at radius 3 is 2.90 bits per heavy atom. The second kappa shape index (κ2) is 6.29. The zero-order valence-electron chi connectivity index (χ0n) is 11.6. The molecule has 0 aromatic heterocycles. The van der Waals surface area contributed by atoms with Crippen LogP contribution in [0.5, 0.6) is 5.75 Å². The fourth-order valence-corrected chi connectivity index (χ4v) is 2.20. The number of nitrogen functional groups attached to an aromatic ring is 1. The van der Waals surface area contributed by atoms with Gasteiger partial charge in [0.2, 0.25) is 0 Å². The van der Waals surface area contributed by atoms with Gasteiger partial charge >= 0.3 is 0 Å². The molecule has 0 spiro atoms. The fourth-order valence-electron chi connectivity index (χ4n) is 2.20. The first kappa shape index (κ1) is 14.2. The summed E-state index contributed by atoms with van der Waals surface area (Å²) < 4.78 is 5.50. The number of ether oxygens (including phenoxy) is 1. The molecule has 1 saturated carbocycles. The van der Waals surface area contributed by atoms with E-state index in [-0.39, 0.29) is 11.9 Å². The molecule has 1 fully saturated rings. The van der Waals surface area contributed by atoms with Crippen LogP contribution in [-0.4, -0.2) is 30.0 Å². The molecule has 1 amide bonds. The monoisotopic (exact) mass is 273 g/mol. The molecule has 2 N–H and O–H groups in total. The van der Waals surface area contributed by atoms with Gasteiger partial charge in [-0.1, -0.05) is 6.07 Å². The van der Waals surface area contributed by atoms with Crippen LogP contribution >= 0.6 is 0 Å².